The second-order valence-electron chi connectivity index (χ2n) is 4.94. The molecule has 2 unspecified atom stereocenters. The zero-order chi connectivity index (χ0) is 14.7. The Bertz CT molecular complexity index is 556. The van der Waals surface area contributed by atoms with Crippen LogP contribution in [-0.2, 0) is 9.59 Å². The maximum Gasteiger partial charge on any atom is 0.306 e. The number of carboxylic acids is 1. The lowest BCUT2D eigenvalue weighted by Gasteiger charge is -2.12. The summed E-state index contributed by atoms with van der Waals surface area (Å²) in [6.07, 6.45) is 1.38. The smallest absolute Gasteiger partial charge is 0.306 e. The number of aliphatic carboxylic acids is 1. The Morgan fingerprint density at radius 2 is 1.80 bits per heavy atom. The third-order valence-electron chi connectivity index (χ3n) is 3.60. The summed E-state index contributed by atoms with van der Waals surface area (Å²) in [5.41, 5.74) is 5.85. The number of benzene rings is 1. The first kappa shape index (κ1) is 14.0. The molecule has 6 nitrogen and oxygen atoms in total. The van der Waals surface area contributed by atoms with Gasteiger partial charge >= 0.3 is 5.97 Å². The first-order valence-electron chi connectivity index (χ1n) is 6.41. The van der Waals surface area contributed by atoms with Gasteiger partial charge in [0.25, 0.3) is 5.91 Å². The van der Waals surface area contributed by atoms with Gasteiger partial charge in [-0.05, 0) is 31.4 Å². The summed E-state index contributed by atoms with van der Waals surface area (Å²) < 4.78 is 0. The van der Waals surface area contributed by atoms with Crippen molar-refractivity contribution in [2.75, 3.05) is 5.32 Å². The van der Waals surface area contributed by atoms with E-state index in [0.29, 0.717) is 24.9 Å². The van der Waals surface area contributed by atoms with E-state index >= 15 is 0 Å². The van der Waals surface area contributed by atoms with Crippen LogP contribution in [0, 0.1) is 11.8 Å². The van der Waals surface area contributed by atoms with Crippen molar-refractivity contribution in [1.82, 2.24) is 0 Å². The number of anilines is 1. The van der Waals surface area contributed by atoms with E-state index < -0.39 is 17.8 Å². The average molecular weight is 276 g/mol. The Hall–Kier alpha value is -2.37. The van der Waals surface area contributed by atoms with E-state index in [1.54, 1.807) is 18.2 Å². The molecular formula is C14H16N2O4. The van der Waals surface area contributed by atoms with Gasteiger partial charge in [0.05, 0.1) is 17.2 Å². The van der Waals surface area contributed by atoms with Crippen molar-refractivity contribution in [3.63, 3.8) is 0 Å². The Labute approximate surface area is 116 Å². The first-order chi connectivity index (χ1) is 9.49. The number of para-hydroxylation sites is 1. The van der Waals surface area contributed by atoms with Gasteiger partial charge in [-0.2, -0.15) is 0 Å². The van der Waals surface area contributed by atoms with Crippen molar-refractivity contribution in [3.05, 3.63) is 29.8 Å². The summed E-state index contributed by atoms with van der Waals surface area (Å²) in [5.74, 6) is -2.54. The highest BCUT2D eigenvalue weighted by atomic mass is 16.4. The second-order valence-corrected chi connectivity index (χ2v) is 4.94. The summed E-state index contributed by atoms with van der Waals surface area (Å²) in [6.45, 7) is 0. The van der Waals surface area contributed by atoms with Crippen molar-refractivity contribution >= 4 is 23.5 Å². The van der Waals surface area contributed by atoms with Crippen LogP contribution in [0.4, 0.5) is 5.69 Å². The van der Waals surface area contributed by atoms with Crippen molar-refractivity contribution in [2.24, 2.45) is 17.6 Å². The lowest BCUT2D eigenvalue weighted by atomic mass is 10.0. The number of hydrogen-bond donors (Lipinski definition) is 3. The normalized spacial score (nSPS) is 21.4. The molecule has 1 saturated carbocycles. The molecule has 0 saturated heterocycles. The molecule has 0 aromatic heterocycles. The molecule has 0 bridgehead atoms. The number of primary amides is 1. The van der Waals surface area contributed by atoms with E-state index in [1.807, 2.05) is 0 Å². The molecule has 0 heterocycles. The molecular weight excluding hydrogens is 260 g/mol. The quantitative estimate of drug-likeness (QED) is 0.768. The van der Waals surface area contributed by atoms with Crippen LogP contribution in [0.25, 0.3) is 0 Å². The summed E-state index contributed by atoms with van der Waals surface area (Å²) in [5, 5.41) is 11.6. The van der Waals surface area contributed by atoms with Gasteiger partial charge in [-0.25, -0.2) is 0 Å². The van der Waals surface area contributed by atoms with Crippen LogP contribution in [-0.4, -0.2) is 22.9 Å². The molecule has 0 aliphatic heterocycles. The molecule has 6 heteroatoms. The average Bonchev–Trinajstić information content (AvgIpc) is 2.89. The number of carbonyl (C=O) groups is 3. The van der Waals surface area contributed by atoms with Crippen LogP contribution in [0.1, 0.15) is 29.6 Å². The van der Waals surface area contributed by atoms with Crippen LogP contribution >= 0.6 is 0 Å². The van der Waals surface area contributed by atoms with Gasteiger partial charge in [0, 0.05) is 5.92 Å². The largest absolute Gasteiger partial charge is 0.481 e. The number of carboxylic acid groups (broad SMARTS) is 1. The van der Waals surface area contributed by atoms with Gasteiger partial charge in [-0.3, -0.25) is 14.4 Å². The van der Waals surface area contributed by atoms with Gasteiger partial charge in [-0.1, -0.05) is 12.1 Å². The van der Waals surface area contributed by atoms with Crippen molar-refractivity contribution in [3.8, 4) is 0 Å². The maximum absolute atomic E-state index is 12.1. The van der Waals surface area contributed by atoms with Crippen molar-refractivity contribution < 1.29 is 19.5 Å². The molecule has 1 aliphatic carbocycles. The zero-order valence-corrected chi connectivity index (χ0v) is 10.8. The zero-order valence-electron chi connectivity index (χ0n) is 10.8. The van der Waals surface area contributed by atoms with E-state index in [4.69, 9.17) is 10.8 Å². The summed E-state index contributed by atoms with van der Waals surface area (Å²) in [4.78, 5) is 34.2. The molecule has 2 amide bonds. The van der Waals surface area contributed by atoms with Gasteiger partial charge in [0.15, 0.2) is 0 Å². The molecule has 106 valence electrons. The number of nitrogens with one attached hydrogen (secondary N) is 1. The highest BCUT2D eigenvalue weighted by Crippen LogP contribution is 2.32. The molecule has 0 radical (unpaired) electrons. The Kier molecular flexibility index (Phi) is 4.02. The van der Waals surface area contributed by atoms with Gasteiger partial charge in [0.2, 0.25) is 5.91 Å². The van der Waals surface area contributed by atoms with Crippen molar-refractivity contribution in [2.45, 2.75) is 19.3 Å². The lowest BCUT2D eigenvalue weighted by Crippen LogP contribution is -2.24. The van der Waals surface area contributed by atoms with E-state index in [2.05, 4.69) is 5.32 Å². The highest BCUT2D eigenvalue weighted by molar-refractivity contribution is 6.03. The molecule has 2 rings (SSSR count). The van der Waals surface area contributed by atoms with Crippen LogP contribution < -0.4 is 11.1 Å². The molecule has 1 fully saturated rings. The third-order valence-corrected chi connectivity index (χ3v) is 3.60. The van der Waals surface area contributed by atoms with Crippen LogP contribution in [0.2, 0.25) is 0 Å². The lowest BCUT2D eigenvalue weighted by molar-refractivity contribution is -0.141. The first-order valence-corrected chi connectivity index (χ1v) is 6.41. The predicted molar refractivity (Wildman–Crippen MR) is 72.1 cm³/mol. The molecule has 20 heavy (non-hydrogen) atoms. The monoisotopic (exact) mass is 276 g/mol. The fourth-order valence-electron chi connectivity index (χ4n) is 2.49. The van der Waals surface area contributed by atoms with Crippen LogP contribution in [0.3, 0.4) is 0 Å². The SMILES string of the molecule is NC(=O)c1ccccc1NC(=O)C1CCC(C(=O)O)C1. The molecule has 1 aromatic rings. The molecule has 1 aromatic carbocycles. The van der Waals surface area contributed by atoms with Gasteiger partial charge < -0.3 is 16.2 Å². The second kappa shape index (κ2) is 5.73. The predicted octanol–water partition coefficient (Wildman–Crippen LogP) is 1.22. The number of nitrogens with two attached hydrogens (primary N) is 1. The fourth-order valence-corrected chi connectivity index (χ4v) is 2.49. The standard InChI is InChI=1S/C14H16N2O4/c15-12(17)10-3-1-2-4-11(10)16-13(18)8-5-6-9(7-8)14(19)20/h1-4,8-9H,5-7H2,(H2,15,17)(H,16,18)(H,19,20). The molecule has 1 aliphatic rings. The van der Waals surface area contributed by atoms with Crippen molar-refractivity contribution in [1.29, 1.82) is 0 Å². The van der Waals surface area contributed by atoms with E-state index in [1.165, 1.54) is 6.07 Å². The number of rotatable bonds is 4. The Morgan fingerprint density at radius 3 is 2.40 bits per heavy atom. The Morgan fingerprint density at radius 1 is 1.15 bits per heavy atom. The van der Waals surface area contributed by atoms with Crippen LogP contribution in [0.15, 0.2) is 24.3 Å². The molecule has 0 spiro atoms. The summed E-state index contributed by atoms with van der Waals surface area (Å²) in [7, 11) is 0. The molecule has 2 atom stereocenters. The Balaban J connectivity index is 2.06. The third kappa shape index (κ3) is 2.96. The summed E-state index contributed by atoms with van der Waals surface area (Å²) in [6, 6.07) is 6.48. The molecule has 4 N–H and O–H groups in total. The number of carbonyl (C=O) groups excluding carboxylic acids is 2. The van der Waals surface area contributed by atoms with E-state index in [9.17, 15) is 14.4 Å². The minimum Gasteiger partial charge on any atom is -0.481 e. The minimum atomic E-state index is -0.863. The maximum atomic E-state index is 12.1. The van der Waals surface area contributed by atoms with Crippen LogP contribution in [0.5, 0.6) is 0 Å². The van der Waals surface area contributed by atoms with E-state index in [0.717, 1.165) is 0 Å². The number of amides is 2. The number of hydrogen-bond acceptors (Lipinski definition) is 3. The van der Waals surface area contributed by atoms with E-state index in [-0.39, 0.29) is 17.4 Å². The fraction of sp³-hybridized carbons (Fsp3) is 0.357. The highest BCUT2D eigenvalue weighted by Gasteiger charge is 2.34. The minimum absolute atomic E-state index is 0.244. The van der Waals surface area contributed by atoms with Gasteiger partial charge in [-0.15, -0.1) is 0 Å². The summed E-state index contributed by atoms with van der Waals surface area (Å²) >= 11 is 0. The van der Waals surface area contributed by atoms with Gasteiger partial charge in [0.1, 0.15) is 0 Å². The topological polar surface area (TPSA) is 109 Å².